The van der Waals surface area contributed by atoms with Crippen LogP contribution in [0.15, 0.2) is 39.9 Å². The lowest BCUT2D eigenvalue weighted by Crippen LogP contribution is -2.28. The SMILES string of the molecule is COc1ccc(C)cc1S(=O)(=O)NCC(O)c1ccsc1. The lowest BCUT2D eigenvalue weighted by atomic mass is 10.2. The molecule has 2 N–H and O–H groups in total. The summed E-state index contributed by atoms with van der Waals surface area (Å²) in [4.78, 5) is 0.0718. The third kappa shape index (κ3) is 3.82. The monoisotopic (exact) mass is 327 g/mol. The standard InChI is InChI=1S/C14H17NO4S2/c1-10-3-4-13(19-2)14(7-10)21(17,18)15-8-12(16)11-5-6-20-9-11/h3-7,9,12,15-16H,8H2,1-2H3. The van der Waals surface area contributed by atoms with Gasteiger partial charge in [-0.15, -0.1) is 0 Å². The maximum Gasteiger partial charge on any atom is 0.244 e. The van der Waals surface area contributed by atoms with Gasteiger partial charge in [0.15, 0.2) is 0 Å². The van der Waals surface area contributed by atoms with Gasteiger partial charge in [-0.25, -0.2) is 13.1 Å². The quantitative estimate of drug-likeness (QED) is 0.852. The van der Waals surface area contributed by atoms with E-state index in [0.29, 0.717) is 5.56 Å². The van der Waals surface area contributed by atoms with Crippen molar-refractivity contribution in [3.8, 4) is 5.75 Å². The number of hydrogen-bond acceptors (Lipinski definition) is 5. The van der Waals surface area contributed by atoms with Crippen LogP contribution in [0, 0.1) is 6.92 Å². The van der Waals surface area contributed by atoms with E-state index < -0.39 is 16.1 Å². The van der Waals surface area contributed by atoms with E-state index in [2.05, 4.69) is 4.72 Å². The second-order valence-corrected chi connectivity index (χ2v) is 7.09. The van der Waals surface area contributed by atoms with Crippen molar-refractivity contribution < 1.29 is 18.3 Å². The second-order valence-electron chi connectivity index (χ2n) is 4.58. The Bertz CT molecular complexity index is 696. The van der Waals surface area contributed by atoms with Crippen LogP contribution in [0.5, 0.6) is 5.75 Å². The normalized spacial score (nSPS) is 13.1. The van der Waals surface area contributed by atoms with E-state index in [0.717, 1.165) is 5.56 Å². The molecule has 2 aromatic rings. The first-order chi connectivity index (χ1) is 9.94. The Morgan fingerprint density at radius 1 is 1.38 bits per heavy atom. The van der Waals surface area contributed by atoms with Crippen LogP contribution in [0.1, 0.15) is 17.2 Å². The summed E-state index contributed by atoms with van der Waals surface area (Å²) in [5, 5.41) is 13.6. The summed E-state index contributed by atoms with van der Waals surface area (Å²) in [7, 11) is -2.32. The average Bonchev–Trinajstić information content (AvgIpc) is 2.99. The van der Waals surface area contributed by atoms with E-state index in [4.69, 9.17) is 4.74 Å². The minimum atomic E-state index is -3.74. The third-order valence-electron chi connectivity index (χ3n) is 3.00. The summed E-state index contributed by atoms with van der Waals surface area (Å²) >= 11 is 1.45. The number of methoxy groups -OCH3 is 1. The molecule has 2 rings (SSSR count). The molecular formula is C14H17NO4S2. The van der Waals surface area contributed by atoms with Crippen LogP contribution in [0.4, 0.5) is 0 Å². The number of hydrogen-bond donors (Lipinski definition) is 2. The van der Waals surface area contributed by atoms with E-state index in [-0.39, 0.29) is 17.2 Å². The van der Waals surface area contributed by atoms with E-state index >= 15 is 0 Å². The number of aryl methyl sites for hydroxylation is 1. The van der Waals surface area contributed by atoms with E-state index in [1.54, 1.807) is 30.5 Å². The molecule has 1 atom stereocenters. The highest BCUT2D eigenvalue weighted by atomic mass is 32.2. The van der Waals surface area contributed by atoms with Crippen molar-refractivity contribution in [1.29, 1.82) is 0 Å². The van der Waals surface area contributed by atoms with Gasteiger partial charge in [-0.05, 0) is 47.0 Å². The molecule has 0 spiro atoms. The van der Waals surface area contributed by atoms with Crippen molar-refractivity contribution in [3.05, 3.63) is 46.2 Å². The zero-order valence-corrected chi connectivity index (χ0v) is 13.4. The predicted molar refractivity (Wildman–Crippen MR) is 82.2 cm³/mol. The summed E-state index contributed by atoms with van der Waals surface area (Å²) < 4.78 is 32.2. The summed E-state index contributed by atoms with van der Waals surface area (Å²) in [5.41, 5.74) is 1.51. The lowest BCUT2D eigenvalue weighted by Gasteiger charge is -2.13. The Balaban J connectivity index is 2.17. The maximum absolute atomic E-state index is 12.3. The highest BCUT2D eigenvalue weighted by Gasteiger charge is 2.21. The van der Waals surface area contributed by atoms with Crippen LogP contribution in [-0.4, -0.2) is 27.2 Å². The molecule has 5 nitrogen and oxygen atoms in total. The van der Waals surface area contributed by atoms with Gasteiger partial charge in [-0.2, -0.15) is 11.3 Å². The minimum absolute atomic E-state index is 0.0718. The molecule has 0 radical (unpaired) electrons. The highest BCUT2D eigenvalue weighted by molar-refractivity contribution is 7.89. The van der Waals surface area contributed by atoms with Crippen LogP contribution >= 0.6 is 11.3 Å². The topological polar surface area (TPSA) is 75.6 Å². The van der Waals surface area contributed by atoms with Crippen LogP contribution in [-0.2, 0) is 10.0 Å². The molecular weight excluding hydrogens is 310 g/mol. The average molecular weight is 327 g/mol. The number of nitrogens with one attached hydrogen (secondary N) is 1. The number of rotatable bonds is 6. The molecule has 1 aromatic heterocycles. The fourth-order valence-electron chi connectivity index (χ4n) is 1.84. The molecule has 0 aliphatic carbocycles. The third-order valence-corrected chi connectivity index (χ3v) is 5.15. The number of aliphatic hydroxyl groups is 1. The fourth-order valence-corrected chi connectivity index (χ4v) is 3.84. The number of benzene rings is 1. The zero-order valence-electron chi connectivity index (χ0n) is 11.7. The van der Waals surface area contributed by atoms with Gasteiger partial charge in [0.2, 0.25) is 10.0 Å². The molecule has 0 amide bonds. The van der Waals surface area contributed by atoms with Gasteiger partial charge >= 0.3 is 0 Å². The molecule has 0 saturated carbocycles. The number of sulfonamides is 1. The molecule has 0 aliphatic heterocycles. The minimum Gasteiger partial charge on any atom is -0.495 e. The summed E-state index contributed by atoms with van der Waals surface area (Å²) in [6, 6.07) is 6.69. The van der Waals surface area contributed by atoms with Crippen molar-refractivity contribution >= 4 is 21.4 Å². The highest BCUT2D eigenvalue weighted by Crippen LogP contribution is 2.25. The van der Waals surface area contributed by atoms with E-state index in [1.807, 2.05) is 5.38 Å². The van der Waals surface area contributed by atoms with Gasteiger partial charge in [-0.3, -0.25) is 0 Å². The molecule has 21 heavy (non-hydrogen) atoms. The van der Waals surface area contributed by atoms with Crippen LogP contribution in [0.25, 0.3) is 0 Å². The Morgan fingerprint density at radius 3 is 2.76 bits per heavy atom. The lowest BCUT2D eigenvalue weighted by molar-refractivity contribution is 0.182. The van der Waals surface area contributed by atoms with E-state index in [1.165, 1.54) is 24.5 Å². The van der Waals surface area contributed by atoms with Crippen molar-refractivity contribution in [2.24, 2.45) is 0 Å². The smallest absolute Gasteiger partial charge is 0.244 e. The molecule has 7 heteroatoms. The van der Waals surface area contributed by atoms with Gasteiger partial charge < -0.3 is 9.84 Å². The second kappa shape index (κ2) is 6.57. The summed E-state index contributed by atoms with van der Waals surface area (Å²) in [6.07, 6.45) is -0.873. The fraction of sp³-hybridized carbons (Fsp3) is 0.286. The van der Waals surface area contributed by atoms with Gasteiger partial charge in [0.1, 0.15) is 10.6 Å². The Labute approximate surface area is 128 Å². The maximum atomic E-state index is 12.3. The first kappa shape index (κ1) is 16.0. The number of thiophene rings is 1. The predicted octanol–water partition coefficient (Wildman–Crippen LogP) is 2.08. The first-order valence-electron chi connectivity index (χ1n) is 6.28. The zero-order chi connectivity index (χ0) is 15.5. The summed E-state index contributed by atoms with van der Waals surface area (Å²) in [6.45, 7) is 1.72. The first-order valence-corrected chi connectivity index (χ1v) is 8.71. The molecule has 0 aliphatic rings. The Kier molecular flexibility index (Phi) is 5.00. The summed E-state index contributed by atoms with van der Waals surface area (Å²) in [5.74, 6) is 0.276. The largest absolute Gasteiger partial charge is 0.495 e. The molecule has 1 unspecified atom stereocenters. The molecule has 0 fully saturated rings. The van der Waals surface area contributed by atoms with Gasteiger partial charge in [0.05, 0.1) is 13.2 Å². The molecule has 0 bridgehead atoms. The van der Waals surface area contributed by atoms with Gasteiger partial charge in [0, 0.05) is 6.54 Å². The molecule has 114 valence electrons. The van der Waals surface area contributed by atoms with Crippen LogP contribution < -0.4 is 9.46 Å². The van der Waals surface area contributed by atoms with Crippen molar-refractivity contribution in [3.63, 3.8) is 0 Å². The number of ether oxygens (including phenoxy) is 1. The molecule has 0 saturated heterocycles. The van der Waals surface area contributed by atoms with Crippen LogP contribution in [0.3, 0.4) is 0 Å². The van der Waals surface area contributed by atoms with Crippen molar-refractivity contribution in [2.45, 2.75) is 17.9 Å². The Hall–Kier alpha value is -1.41. The van der Waals surface area contributed by atoms with Gasteiger partial charge in [-0.1, -0.05) is 6.07 Å². The van der Waals surface area contributed by atoms with E-state index in [9.17, 15) is 13.5 Å². The molecule has 1 aromatic carbocycles. The number of aliphatic hydroxyl groups excluding tert-OH is 1. The van der Waals surface area contributed by atoms with Crippen LogP contribution in [0.2, 0.25) is 0 Å². The van der Waals surface area contributed by atoms with Crippen molar-refractivity contribution in [2.75, 3.05) is 13.7 Å². The molecule has 1 heterocycles. The van der Waals surface area contributed by atoms with Gasteiger partial charge in [0.25, 0.3) is 0 Å². The Morgan fingerprint density at radius 2 is 2.14 bits per heavy atom. The van der Waals surface area contributed by atoms with Crippen molar-refractivity contribution in [1.82, 2.24) is 4.72 Å².